The first-order chi connectivity index (χ1) is 10.3. The molecular weight excluding hydrogens is 266 g/mol. The van der Waals surface area contributed by atoms with Crippen molar-refractivity contribution in [3.63, 3.8) is 0 Å². The molecule has 1 aromatic rings. The third kappa shape index (κ3) is 4.14. The molecule has 0 aromatic carbocycles. The molecular formula is C15H23N5O. The number of nitrogens with one attached hydrogen (secondary N) is 2. The van der Waals surface area contributed by atoms with Crippen molar-refractivity contribution in [3.8, 4) is 0 Å². The second-order valence-corrected chi connectivity index (χ2v) is 5.95. The van der Waals surface area contributed by atoms with Crippen molar-refractivity contribution < 1.29 is 4.79 Å². The molecule has 6 nitrogen and oxygen atoms in total. The first-order valence-electron chi connectivity index (χ1n) is 7.84. The van der Waals surface area contributed by atoms with Gasteiger partial charge in [0, 0.05) is 31.9 Å². The number of hydrogen-bond donors (Lipinski definition) is 2. The highest BCUT2D eigenvalue weighted by atomic mass is 16.1. The highest BCUT2D eigenvalue weighted by molar-refractivity contribution is 5.78. The Morgan fingerprint density at radius 3 is 3.00 bits per heavy atom. The molecule has 2 heterocycles. The summed E-state index contributed by atoms with van der Waals surface area (Å²) in [4.78, 5) is 14.0. The van der Waals surface area contributed by atoms with Crippen LogP contribution in [0.3, 0.4) is 0 Å². The number of carbonyl (C=O) groups excluding carboxylic acids is 1. The first-order valence-corrected chi connectivity index (χ1v) is 7.84. The van der Waals surface area contributed by atoms with Crippen molar-refractivity contribution in [1.29, 1.82) is 0 Å². The minimum atomic E-state index is 0.103. The van der Waals surface area contributed by atoms with Crippen molar-refractivity contribution >= 4 is 11.7 Å². The predicted molar refractivity (Wildman–Crippen MR) is 81.0 cm³/mol. The summed E-state index contributed by atoms with van der Waals surface area (Å²) in [7, 11) is 0. The van der Waals surface area contributed by atoms with Gasteiger partial charge in [0.2, 0.25) is 5.91 Å². The van der Waals surface area contributed by atoms with Gasteiger partial charge in [0.05, 0.1) is 6.54 Å². The summed E-state index contributed by atoms with van der Waals surface area (Å²) in [6, 6.07) is 4.31. The van der Waals surface area contributed by atoms with Gasteiger partial charge < -0.3 is 15.5 Å². The fourth-order valence-electron chi connectivity index (χ4n) is 2.79. The van der Waals surface area contributed by atoms with E-state index in [1.54, 1.807) is 6.20 Å². The zero-order valence-electron chi connectivity index (χ0n) is 12.3. The Bertz CT molecular complexity index is 462. The van der Waals surface area contributed by atoms with E-state index in [0.717, 1.165) is 44.2 Å². The summed E-state index contributed by atoms with van der Waals surface area (Å²) >= 11 is 0. The molecule has 1 amide bonds. The average Bonchev–Trinajstić information content (AvgIpc) is 3.23. The van der Waals surface area contributed by atoms with Gasteiger partial charge in [-0.1, -0.05) is 0 Å². The fourth-order valence-corrected chi connectivity index (χ4v) is 2.79. The number of amides is 1. The van der Waals surface area contributed by atoms with Gasteiger partial charge in [0.1, 0.15) is 0 Å². The Morgan fingerprint density at radius 2 is 2.24 bits per heavy atom. The SMILES string of the molecule is O=C(CNC[C@H]1CCCN1c1cccnn1)NCC1CC1. The number of nitrogens with zero attached hydrogens (tertiary/aromatic N) is 3. The van der Waals surface area contributed by atoms with Crippen LogP contribution in [0.5, 0.6) is 0 Å². The molecule has 6 heteroatoms. The largest absolute Gasteiger partial charge is 0.355 e. The summed E-state index contributed by atoms with van der Waals surface area (Å²) in [6.45, 7) is 3.07. The van der Waals surface area contributed by atoms with Crippen LogP contribution in [0.15, 0.2) is 18.3 Å². The van der Waals surface area contributed by atoms with Crippen LogP contribution in [0.25, 0.3) is 0 Å². The second kappa shape index (κ2) is 6.85. The zero-order chi connectivity index (χ0) is 14.5. The lowest BCUT2D eigenvalue weighted by Gasteiger charge is -2.25. The molecule has 0 unspecified atom stereocenters. The summed E-state index contributed by atoms with van der Waals surface area (Å²) in [5.74, 6) is 1.77. The Morgan fingerprint density at radius 1 is 1.33 bits per heavy atom. The monoisotopic (exact) mass is 289 g/mol. The van der Waals surface area contributed by atoms with E-state index in [4.69, 9.17) is 0 Å². The van der Waals surface area contributed by atoms with Gasteiger partial charge in [0.15, 0.2) is 5.82 Å². The molecule has 1 saturated heterocycles. The van der Waals surface area contributed by atoms with Crippen LogP contribution in [-0.4, -0.2) is 48.3 Å². The van der Waals surface area contributed by atoms with Crippen molar-refractivity contribution in [3.05, 3.63) is 18.3 Å². The summed E-state index contributed by atoms with van der Waals surface area (Å²) in [6.07, 6.45) is 6.52. The van der Waals surface area contributed by atoms with Crippen molar-refractivity contribution in [2.75, 3.05) is 31.1 Å². The number of anilines is 1. The topological polar surface area (TPSA) is 70.2 Å². The van der Waals surface area contributed by atoms with Crippen LogP contribution < -0.4 is 15.5 Å². The van der Waals surface area contributed by atoms with Crippen LogP contribution >= 0.6 is 0 Å². The fraction of sp³-hybridized carbons (Fsp3) is 0.667. The van der Waals surface area contributed by atoms with Crippen molar-refractivity contribution in [2.45, 2.75) is 31.7 Å². The van der Waals surface area contributed by atoms with E-state index in [0.29, 0.717) is 12.6 Å². The maximum Gasteiger partial charge on any atom is 0.233 e. The number of carbonyl (C=O) groups is 1. The Labute approximate surface area is 125 Å². The lowest BCUT2D eigenvalue weighted by Crippen LogP contribution is -2.42. The minimum absolute atomic E-state index is 0.103. The Kier molecular flexibility index (Phi) is 4.65. The molecule has 1 aromatic heterocycles. The van der Waals surface area contributed by atoms with Crippen molar-refractivity contribution in [1.82, 2.24) is 20.8 Å². The number of aromatic nitrogens is 2. The van der Waals surface area contributed by atoms with E-state index < -0.39 is 0 Å². The summed E-state index contributed by atoms with van der Waals surface area (Å²) < 4.78 is 0. The molecule has 2 fully saturated rings. The van der Waals surface area contributed by atoms with Gasteiger partial charge in [-0.3, -0.25) is 4.79 Å². The van der Waals surface area contributed by atoms with Crippen LogP contribution in [0.2, 0.25) is 0 Å². The first kappa shape index (κ1) is 14.3. The van der Waals surface area contributed by atoms with E-state index >= 15 is 0 Å². The molecule has 0 radical (unpaired) electrons. The van der Waals surface area contributed by atoms with Gasteiger partial charge in [-0.25, -0.2) is 0 Å². The normalized spacial score (nSPS) is 21.5. The van der Waals surface area contributed by atoms with Crippen molar-refractivity contribution in [2.24, 2.45) is 5.92 Å². The molecule has 0 bridgehead atoms. The smallest absolute Gasteiger partial charge is 0.233 e. The molecule has 1 saturated carbocycles. The lowest BCUT2D eigenvalue weighted by atomic mass is 10.2. The Balaban J connectivity index is 1.40. The van der Waals surface area contributed by atoms with Gasteiger partial charge in [0.25, 0.3) is 0 Å². The lowest BCUT2D eigenvalue weighted by molar-refractivity contribution is -0.120. The predicted octanol–water partition coefficient (Wildman–Crippen LogP) is 0.561. The molecule has 114 valence electrons. The molecule has 1 aliphatic heterocycles. The van der Waals surface area contributed by atoms with Crippen LogP contribution in [0.1, 0.15) is 25.7 Å². The standard InChI is InChI=1S/C15H23N5O/c21-15(17-9-12-5-6-12)11-16-10-13-3-2-8-20(13)14-4-1-7-18-19-14/h1,4,7,12-13,16H,2-3,5-6,8-11H2,(H,17,21)/t13-/m1/s1. The third-order valence-corrected chi connectivity index (χ3v) is 4.18. The molecule has 1 atom stereocenters. The van der Waals surface area contributed by atoms with Gasteiger partial charge >= 0.3 is 0 Å². The van der Waals surface area contributed by atoms with Gasteiger partial charge in [-0.05, 0) is 43.7 Å². The molecule has 2 N–H and O–H groups in total. The zero-order valence-corrected chi connectivity index (χ0v) is 12.3. The highest BCUT2D eigenvalue weighted by Gasteiger charge is 2.25. The van der Waals surface area contributed by atoms with Crippen LogP contribution in [0, 0.1) is 5.92 Å². The van der Waals surface area contributed by atoms with Crippen LogP contribution in [0.4, 0.5) is 5.82 Å². The molecule has 21 heavy (non-hydrogen) atoms. The molecule has 2 aliphatic rings. The quantitative estimate of drug-likeness (QED) is 0.767. The van der Waals surface area contributed by atoms with E-state index in [2.05, 4.69) is 25.7 Å². The molecule has 1 aliphatic carbocycles. The van der Waals surface area contributed by atoms with E-state index in [1.165, 1.54) is 12.8 Å². The highest BCUT2D eigenvalue weighted by Crippen LogP contribution is 2.27. The number of hydrogen-bond acceptors (Lipinski definition) is 5. The number of rotatable bonds is 7. The third-order valence-electron chi connectivity index (χ3n) is 4.18. The van der Waals surface area contributed by atoms with E-state index in [9.17, 15) is 4.79 Å². The molecule has 3 rings (SSSR count). The second-order valence-electron chi connectivity index (χ2n) is 5.95. The van der Waals surface area contributed by atoms with Crippen LogP contribution in [-0.2, 0) is 4.79 Å². The molecule has 0 spiro atoms. The maximum absolute atomic E-state index is 11.7. The average molecular weight is 289 g/mol. The summed E-state index contributed by atoms with van der Waals surface area (Å²) in [5, 5.41) is 14.4. The minimum Gasteiger partial charge on any atom is -0.355 e. The maximum atomic E-state index is 11.7. The Hall–Kier alpha value is -1.69. The van der Waals surface area contributed by atoms with E-state index in [-0.39, 0.29) is 5.91 Å². The van der Waals surface area contributed by atoms with Gasteiger partial charge in [-0.15, -0.1) is 5.10 Å². The summed E-state index contributed by atoms with van der Waals surface area (Å²) in [5.41, 5.74) is 0. The van der Waals surface area contributed by atoms with Gasteiger partial charge in [-0.2, -0.15) is 5.10 Å². The van der Waals surface area contributed by atoms with E-state index in [1.807, 2.05) is 12.1 Å².